The summed E-state index contributed by atoms with van der Waals surface area (Å²) in [6, 6.07) is 11.2. The van der Waals surface area contributed by atoms with Crippen molar-refractivity contribution in [3.05, 3.63) is 48.3 Å². The van der Waals surface area contributed by atoms with E-state index in [1.54, 1.807) is 4.90 Å². The van der Waals surface area contributed by atoms with Gasteiger partial charge in [-0.05, 0) is 5.56 Å². The molecule has 0 aliphatic carbocycles. The van der Waals surface area contributed by atoms with Gasteiger partial charge in [0.1, 0.15) is 18.0 Å². The molecule has 3 rings (SSSR count). The Balaban J connectivity index is 1.54. The number of piperazine rings is 1. The van der Waals surface area contributed by atoms with E-state index >= 15 is 0 Å². The van der Waals surface area contributed by atoms with Crippen molar-refractivity contribution < 1.29 is 13.9 Å². The van der Waals surface area contributed by atoms with Crippen LogP contribution in [-0.4, -0.2) is 65.7 Å². The van der Waals surface area contributed by atoms with Crippen molar-refractivity contribution in [1.29, 1.82) is 0 Å². The molecule has 0 amide bonds. The second-order valence-corrected chi connectivity index (χ2v) is 6.25. The zero-order valence-corrected chi connectivity index (χ0v) is 14.4. The predicted molar refractivity (Wildman–Crippen MR) is 96.6 cm³/mol. The summed E-state index contributed by atoms with van der Waals surface area (Å²) in [6.07, 6.45) is -1.46. The number of rotatable bonds is 7. The van der Waals surface area contributed by atoms with Crippen LogP contribution >= 0.6 is 0 Å². The van der Waals surface area contributed by atoms with Gasteiger partial charge < -0.3 is 15.3 Å². The van der Waals surface area contributed by atoms with Crippen molar-refractivity contribution >= 4 is 11.6 Å². The molecular weight excluding hydrogens is 340 g/mol. The van der Waals surface area contributed by atoms with Crippen LogP contribution in [0.25, 0.3) is 0 Å². The molecule has 140 valence electrons. The molecule has 0 saturated carbocycles. The van der Waals surface area contributed by atoms with Gasteiger partial charge >= 0.3 is 0 Å². The fraction of sp³-hybridized carbons (Fsp3) is 0.444. The zero-order valence-electron chi connectivity index (χ0n) is 14.4. The quantitative estimate of drug-likeness (QED) is 0.785. The molecule has 2 N–H and O–H groups in total. The van der Waals surface area contributed by atoms with Crippen molar-refractivity contribution in [2.75, 3.05) is 49.5 Å². The average molecular weight is 363 g/mol. The third-order valence-corrected chi connectivity index (χ3v) is 4.41. The lowest BCUT2D eigenvalue weighted by Crippen LogP contribution is -2.48. The summed E-state index contributed by atoms with van der Waals surface area (Å²) in [5, 5.41) is 13.3. The Hall–Kier alpha value is -2.32. The molecule has 0 bridgehead atoms. The highest BCUT2D eigenvalue weighted by molar-refractivity contribution is 5.49. The minimum Gasteiger partial charge on any atom is -0.387 e. The van der Waals surface area contributed by atoms with E-state index in [0.717, 1.165) is 11.4 Å². The lowest BCUT2D eigenvalue weighted by molar-refractivity contribution is 0.0853. The number of halogens is 2. The van der Waals surface area contributed by atoms with Crippen molar-refractivity contribution in [2.45, 2.75) is 12.5 Å². The SMILES string of the molecule is OC(CNc1cc(N2CCN(CC(F)F)CC2)ncn1)c1ccccc1. The molecule has 26 heavy (non-hydrogen) atoms. The number of anilines is 2. The van der Waals surface area contributed by atoms with Crippen molar-refractivity contribution in [1.82, 2.24) is 14.9 Å². The molecule has 1 aliphatic heterocycles. The van der Waals surface area contributed by atoms with Gasteiger partial charge in [-0.2, -0.15) is 0 Å². The van der Waals surface area contributed by atoms with Crippen LogP contribution < -0.4 is 10.2 Å². The van der Waals surface area contributed by atoms with Crippen LogP contribution in [0.5, 0.6) is 0 Å². The normalized spacial score (nSPS) is 16.7. The van der Waals surface area contributed by atoms with Crippen LogP contribution in [0.4, 0.5) is 20.4 Å². The Morgan fingerprint density at radius 3 is 2.50 bits per heavy atom. The molecule has 6 nitrogen and oxygen atoms in total. The van der Waals surface area contributed by atoms with Crippen LogP contribution in [0.2, 0.25) is 0 Å². The van der Waals surface area contributed by atoms with Gasteiger partial charge in [0.15, 0.2) is 0 Å². The molecule has 2 heterocycles. The molecule has 1 aliphatic rings. The first-order valence-electron chi connectivity index (χ1n) is 8.66. The topological polar surface area (TPSA) is 64.5 Å². The van der Waals surface area contributed by atoms with E-state index in [4.69, 9.17) is 0 Å². The van der Waals surface area contributed by atoms with Gasteiger partial charge in [-0.3, -0.25) is 4.90 Å². The number of hydrogen-bond acceptors (Lipinski definition) is 6. The number of benzene rings is 1. The Kier molecular flexibility index (Phi) is 6.30. The highest BCUT2D eigenvalue weighted by atomic mass is 19.3. The number of nitrogens with zero attached hydrogens (tertiary/aromatic N) is 4. The summed E-state index contributed by atoms with van der Waals surface area (Å²) in [7, 11) is 0. The number of alkyl halides is 2. The van der Waals surface area contributed by atoms with Gasteiger partial charge in [-0.1, -0.05) is 30.3 Å². The standard InChI is InChI=1S/C18H23F2N5O/c19-16(20)12-24-6-8-25(9-7-24)18-10-17(22-13-23-18)21-11-15(26)14-4-2-1-3-5-14/h1-5,10,13,15-16,26H,6-9,11-12H2,(H,21,22,23). The lowest BCUT2D eigenvalue weighted by Gasteiger charge is -2.35. The summed E-state index contributed by atoms with van der Waals surface area (Å²) >= 11 is 0. The average Bonchev–Trinajstić information content (AvgIpc) is 2.67. The maximum absolute atomic E-state index is 12.5. The fourth-order valence-electron chi connectivity index (χ4n) is 2.97. The lowest BCUT2D eigenvalue weighted by atomic mass is 10.1. The van der Waals surface area contributed by atoms with E-state index in [9.17, 15) is 13.9 Å². The minimum atomic E-state index is -2.30. The van der Waals surface area contributed by atoms with E-state index < -0.39 is 12.5 Å². The second kappa shape index (κ2) is 8.86. The highest BCUT2D eigenvalue weighted by Crippen LogP contribution is 2.18. The maximum Gasteiger partial charge on any atom is 0.251 e. The Morgan fingerprint density at radius 1 is 1.08 bits per heavy atom. The monoisotopic (exact) mass is 363 g/mol. The predicted octanol–water partition coefficient (Wildman–Crippen LogP) is 2.01. The first kappa shape index (κ1) is 18.5. The van der Waals surface area contributed by atoms with Crippen LogP contribution in [0.3, 0.4) is 0 Å². The third kappa shape index (κ3) is 5.09. The fourth-order valence-corrected chi connectivity index (χ4v) is 2.97. The molecule has 1 atom stereocenters. The Morgan fingerprint density at radius 2 is 1.81 bits per heavy atom. The van der Waals surface area contributed by atoms with Crippen LogP contribution in [0, 0.1) is 0 Å². The van der Waals surface area contributed by atoms with Gasteiger partial charge in [-0.15, -0.1) is 0 Å². The third-order valence-electron chi connectivity index (χ3n) is 4.41. The molecule has 2 aromatic rings. The van der Waals surface area contributed by atoms with E-state index in [2.05, 4.69) is 20.2 Å². The van der Waals surface area contributed by atoms with Crippen LogP contribution in [-0.2, 0) is 0 Å². The maximum atomic E-state index is 12.5. The Labute approximate surface area is 151 Å². The molecular formula is C18H23F2N5O. The molecule has 1 aromatic carbocycles. The highest BCUT2D eigenvalue weighted by Gasteiger charge is 2.20. The van der Waals surface area contributed by atoms with Gasteiger partial charge in [0, 0.05) is 38.8 Å². The summed E-state index contributed by atoms with van der Waals surface area (Å²) in [5.41, 5.74) is 0.837. The van der Waals surface area contributed by atoms with Crippen molar-refractivity contribution in [2.24, 2.45) is 0 Å². The van der Waals surface area contributed by atoms with Crippen LogP contribution in [0.15, 0.2) is 42.7 Å². The molecule has 1 aromatic heterocycles. The number of aliphatic hydroxyl groups is 1. The van der Waals surface area contributed by atoms with E-state index in [0.29, 0.717) is 38.5 Å². The summed E-state index contributed by atoms with van der Waals surface area (Å²) in [4.78, 5) is 12.3. The zero-order chi connectivity index (χ0) is 18.4. The number of aromatic nitrogens is 2. The van der Waals surface area contributed by atoms with E-state index in [-0.39, 0.29) is 6.54 Å². The van der Waals surface area contributed by atoms with Crippen LogP contribution in [0.1, 0.15) is 11.7 Å². The number of nitrogens with one attached hydrogen (secondary N) is 1. The Bertz CT molecular complexity index is 680. The molecule has 1 fully saturated rings. The summed E-state index contributed by atoms with van der Waals surface area (Å²) < 4.78 is 24.9. The van der Waals surface area contributed by atoms with E-state index in [1.165, 1.54) is 6.33 Å². The number of hydrogen-bond donors (Lipinski definition) is 2. The summed E-state index contributed by atoms with van der Waals surface area (Å²) in [6.45, 7) is 2.63. The molecule has 0 radical (unpaired) electrons. The first-order chi connectivity index (χ1) is 12.6. The van der Waals surface area contributed by atoms with Gasteiger partial charge in [-0.25, -0.2) is 18.7 Å². The largest absolute Gasteiger partial charge is 0.387 e. The smallest absolute Gasteiger partial charge is 0.251 e. The molecule has 1 saturated heterocycles. The molecule has 1 unspecified atom stereocenters. The van der Waals surface area contributed by atoms with Gasteiger partial charge in [0.05, 0.1) is 12.6 Å². The second-order valence-electron chi connectivity index (χ2n) is 6.25. The van der Waals surface area contributed by atoms with E-state index in [1.807, 2.05) is 36.4 Å². The number of aliphatic hydroxyl groups excluding tert-OH is 1. The van der Waals surface area contributed by atoms with Crippen molar-refractivity contribution in [3.63, 3.8) is 0 Å². The molecule has 0 spiro atoms. The molecule has 8 heteroatoms. The summed E-state index contributed by atoms with van der Waals surface area (Å²) in [5.74, 6) is 1.38. The van der Waals surface area contributed by atoms with Gasteiger partial charge in [0.2, 0.25) is 0 Å². The van der Waals surface area contributed by atoms with Crippen molar-refractivity contribution in [3.8, 4) is 0 Å². The first-order valence-corrected chi connectivity index (χ1v) is 8.66. The van der Waals surface area contributed by atoms with Gasteiger partial charge in [0.25, 0.3) is 6.43 Å². The minimum absolute atomic E-state index is 0.179.